The van der Waals surface area contributed by atoms with Crippen LogP contribution < -0.4 is 35.9 Å². The number of nitrogens with one attached hydrogen (secondary N) is 2. The van der Waals surface area contributed by atoms with Gasteiger partial charge in [-0.25, -0.2) is 24.5 Å². The lowest BCUT2D eigenvalue weighted by Crippen LogP contribution is -2.46. The molecule has 312 valence electrons. The van der Waals surface area contributed by atoms with Crippen LogP contribution in [0.4, 0.5) is 5.82 Å². The predicted octanol–water partition coefficient (Wildman–Crippen LogP) is -3.28. The van der Waals surface area contributed by atoms with E-state index in [4.69, 9.17) is 19.9 Å². The quantitative estimate of drug-likeness (QED) is 0.0159. The van der Waals surface area contributed by atoms with Crippen LogP contribution >= 0.6 is 35.5 Å². The smallest absolute Gasteiger partial charge is 0.274 e. The normalized spacial score (nSPS) is 23.1. The monoisotopic (exact) mass is 865 g/mol. The Labute approximate surface area is 316 Å². The number of anilines is 1. The van der Waals surface area contributed by atoms with Gasteiger partial charge in [-0.3, -0.25) is 23.3 Å². The van der Waals surface area contributed by atoms with Crippen LogP contribution in [0, 0.1) is 5.41 Å². The van der Waals surface area contributed by atoms with Gasteiger partial charge in [0.2, 0.25) is 11.8 Å². The van der Waals surface area contributed by atoms with Gasteiger partial charge in [-0.2, -0.15) is 0 Å². The Morgan fingerprint density at radius 1 is 1.15 bits per heavy atom. The van der Waals surface area contributed by atoms with E-state index in [1.807, 2.05) is 0 Å². The zero-order chi connectivity index (χ0) is 41.4. The fraction of sp³-hybridized carbons (Fsp3) is 0.640. The number of ether oxygens (including phenoxy) is 1. The molecule has 0 aliphatic carbocycles. The van der Waals surface area contributed by atoms with Gasteiger partial charge in [0.25, 0.3) is 15.6 Å². The minimum Gasteiger partial charge on any atom is -0.790 e. The van der Waals surface area contributed by atoms with Gasteiger partial charge in [-0.15, -0.1) is 0 Å². The van der Waals surface area contributed by atoms with Crippen LogP contribution in [0.25, 0.3) is 11.2 Å². The van der Waals surface area contributed by atoms with Gasteiger partial charge in [0, 0.05) is 30.7 Å². The third kappa shape index (κ3) is 13.5. The van der Waals surface area contributed by atoms with Crippen molar-refractivity contribution in [1.82, 2.24) is 30.2 Å². The Hall–Kier alpha value is -2.65. The molecule has 30 heteroatoms. The molecular weight excluding hydrogens is 827 g/mol. The summed E-state index contributed by atoms with van der Waals surface area (Å²) in [6, 6.07) is 0. The molecule has 2 amide bonds. The molecule has 2 aromatic heterocycles. The standard InChI is InChI=1S/C25H42N7O19P3S/c1-14(49-37)9-47-55-8-7-27-16(33)5-6-28-23(36)20(35)24(2,3)11-46-54(43,44)51-53(41,42)45-10-15-18(50-52(38,39)40)19(34)25(4,48-15)32-13-31-17-21(26)29-12-30-22(17)32/h12-13,15,18-20,34-35,37H,1,5-11H2,2-4H3,(H,27,33)(H,28,36)(H,41,42)(H,43,44)(H2,26,29,30)(H2,38,39,40)/p-4. The highest BCUT2D eigenvalue weighted by molar-refractivity contribution is 7.94. The molecule has 1 aliphatic heterocycles. The molecule has 55 heavy (non-hydrogen) atoms. The molecule has 1 aliphatic rings. The molecule has 7 unspecified atom stereocenters. The number of amides is 2. The van der Waals surface area contributed by atoms with Crippen molar-refractivity contribution in [3.8, 4) is 0 Å². The Balaban J connectivity index is 1.53. The SMILES string of the molecule is C=C(COSCCNC(=O)CCNC(=O)C(O)C(C)(C)COP(=O)([O-])OP(=O)([O-])OCC1OC(C)(n2cnc3c(N)ncnc32)C(O)C1OP(=O)([O-])[O-])OO. The number of imidazole rings is 1. The maximum absolute atomic E-state index is 12.5. The van der Waals surface area contributed by atoms with E-state index in [-0.39, 0.29) is 48.9 Å². The Bertz CT molecular complexity index is 1820. The van der Waals surface area contributed by atoms with Crippen molar-refractivity contribution >= 4 is 64.3 Å². The molecule has 26 nitrogen and oxygen atoms in total. The van der Waals surface area contributed by atoms with Gasteiger partial charge < -0.3 is 78.1 Å². The first-order valence-electron chi connectivity index (χ1n) is 15.5. The van der Waals surface area contributed by atoms with Gasteiger partial charge in [0.15, 0.2) is 22.9 Å². The molecule has 2 aromatic rings. The predicted molar refractivity (Wildman–Crippen MR) is 177 cm³/mol. The first-order valence-corrected chi connectivity index (χ1v) is 20.8. The van der Waals surface area contributed by atoms with Crippen LogP contribution in [0.1, 0.15) is 27.2 Å². The molecule has 0 bridgehead atoms. The number of nitrogens with zero attached hydrogens (tertiary/aromatic N) is 4. The first-order chi connectivity index (χ1) is 25.4. The van der Waals surface area contributed by atoms with E-state index in [0.29, 0.717) is 5.75 Å². The van der Waals surface area contributed by atoms with Gasteiger partial charge in [0.05, 0.1) is 27.4 Å². The molecule has 0 radical (unpaired) electrons. The lowest BCUT2D eigenvalue weighted by atomic mass is 9.87. The molecule has 3 rings (SSSR count). The second-order valence-corrected chi connectivity index (χ2v) is 17.2. The number of aliphatic hydroxyl groups excluding tert-OH is 2. The van der Waals surface area contributed by atoms with Gasteiger partial charge in [0.1, 0.15) is 42.9 Å². The van der Waals surface area contributed by atoms with Crippen LogP contribution in [0.5, 0.6) is 0 Å². The maximum Gasteiger partial charge on any atom is 0.274 e. The molecule has 0 saturated carbocycles. The number of hydrogen-bond donors (Lipinski definition) is 6. The van der Waals surface area contributed by atoms with Crippen LogP contribution in [-0.2, 0) is 60.7 Å². The van der Waals surface area contributed by atoms with Crippen LogP contribution in [-0.4, -0.2) is 110 Å². The molecule has 7 atom stereocenters. The van der Waals surface area contributed by atoms with Crippen molar-refractivity contribution in [1.29, 1.82) is 0 Å². The molecule has 1 saturated heterocycles. The van der Waals surface area contributed by atoms with E-state index in [1.165, 1.54) is 20.8 Å². The van der Waals surface area contributed by atoms with Crippen molar-refractivity contribution < 1.29 is 90.0 Å². The zero-order valence-electron chi connectivity index (χ0n) is 29.1. The minimum atomic E-state index is -5.94. The number of carbonyl (C=O) groups is 2. The van der Waals surface area contributed by atoms with Gasteiger partial charge in [-0.1, -0.05) is 20.4 Å². The minimum absolute atomic E-state index is 0.0199. The molecular formula is C25H38N7O19P3S-4. The van der Waals surface area contributed by atoms with E-state index in [2.05, 4.69) is 54.9 Å². The number of fused-ring (bicyclic) bond motifs is 1. The van der Waals surface area contributed by atoms with E-state index < -0.39 is 84.1 Å². The van der Waals surface area contributed by atoms with E-state index in [1.54, 1.807) is 0 Å². The second kappa shape index (κ2) is 19.2. The van der Waals surface area contributed by atoms with Gasteiger partial charge in [-0.05, 0) is 19.0 Å². The van der Waals surface area contributed by atoms with Crippen LogP contribution in [0.2, 0.25) is 0 Å². The number of carbonyl (C=O) groups excluding carboxylic acids is 2. The van der Waals surface area contributed by atoms with Crippen molar-refractivity contribution in [2.45, 2.75) is 57.3 Å². The summed E-state index contributed by atoms with van der Waals surface area (Å²) in [6.07, 6.45) is -6.11. The molecule has 0 spiro atoms. The average Bonchev–Trinajstić information content (AvgIpc) is 3.63. The number of nitrogens with two attached hydrogens (primary N) is 1. The van der Waals surface area contributed by atoms with E-state index >= 15 is 0 Å². The fourth-order valence-electron chi connectivity index (χ4n) is 4.65. The van der Waals surface area contributed by atoms with Crippen molar-refractivity contribution in [3.05, 3.63) is 25.0 Å². The summed E-state index contributed by atoms with van der Waals surface area (Å²) in [5, 5.41) is 34.7. The summed E-state index contributed by atoms with van der Waals surface area (Å²) in [7, 11) is -17.7. The third-order valence-electron chi connectivity index (χ3n) is 7.48. The summed E-state index contributed by atoms with van der Waals surface area (Å²) in [6.45, 7) is 4.46. The third-order valence-corrected chi connectivity index (χ3v) is 11.1. The number of phosphoric acid groups is 3. The summed E-state index contributed by atoms with van der Waals surface area (Å²) < 4.78 is 65.9. The highest BCUT2D eigenvalue weighted by atomic mass is 32.2. The number of phosphoric ester groups is 3. The first kappa shape index (κ1) is 46.7. The number of hydrogen-bond acceptors (Lipinski definition) is 24. The highest BCUT2D eigenvalue weighted by Crippen LogP contribution is 2.56. The van der Waals surface area contributed by atoms with E-state index in [0.717, 1.165) is 29.3 Å². The van der Waals surface area contributed by atoms with Crippen molar-refractivity contribution in [2.24, 2.45) is 5.41 Å². The summed E-state index contributed by atoms with van der Waals surface area (Å²) >= 11 is 0.966. The summed E-state index contributed by atoms with van der Waals surface area (Å²) in [4.78, 5) is 88.0. The highest BCUT2D eigenvalue weighted by Gasteiger charge is 2.55. The molecule has 0 aromatic carbocycles. The van der Waals surface area contributed by atoms with Crippen LogP contribution in [0.3, 0.4) is 0 Å². The molecule has 7 N–H and O–H groups in total. The number of rotatable bonds is 23. The van der Waals surface area contributed by atoms with E-state index in [9.17, 15) is 53.1 Å². The van der Waals surface area contributed by atoms with Gasteiger partial charge >= 0.3 is 0 Å². The number of aromatic nitrogens is 4. The lowest BCUT2D eigenvalue weighted by Gasteiger charge is -2.36. The number of aliphatic hydroxyl groups is 2. The lowest BCUT2D eigenvalue weighted by molar-refractivity contribution is -0.347. The maximum atomic E-state index is 12.5. The summed E-state index contributed by atoms with van der Waals surface area (Å²) in [5.74, 6) is -1.28. The van der Waals surface area contributed by atoms with Crippen LogP contribution in [0.15, 0.2) is 25.0 Å². The van der Waals surface area contributed by atoms with Crippen molar-refractivity contribution in [2.75, 3.05) is 44.4 Å². The second-order valence-electron chi connectivity index (χ2n) is 12.3. The Kier molecular flexibility index (Phi) is 16.3. The Morgan fingerprint density at radius 2 is 1.82 bits per heavy atom. The van der Waals surface area contributed by atoms with Crippen molar-refractivity contribution in [3.63, 3.8) is 0 Å². The summed E-state index contributed by atoms with van der Waals surface area (Å²) in [5.41, 5.74) is 2.00. The molecule has 3 heterocycles. The Morgan fingerprint density at radius 3 is 2.47 bits per heavy atom. The average molecular weight is 866 g/mol. The topological polar surface area (TPSA) is 397 Å². The number of nitrogen functional groups attached to an aromatic ring is 1. The largest absolute Gasteiger partial charge is 0.790 e. The fourth-order valence-corrected chi connectivity index (χ4v) is 7.90. The molecule has 1 fully saturated rings. The zero-order valence-corrected chi connectivity index (χ0v) is 32.6.